The number of hydrogen-bond acceptors (Lipinski definition) is 2. The quantitative estimate of drug-likeness (QED) is 0.645. The van der Waals surface area contributed by atoms with Gasteiger partial charge < -0.3 is 9.84 Å². The Morgan fingerprint density at radius 2 is 2.08 bits per heavy atom. The SMILES string of the molecule is CCCCCC[C@@H]1CCC(O)O1. The Morgan fingerprint density at radius 3 is 2.67 bits per heavy atom. The van der Waals surface area contributed by atoms with E-state index in [2.05, 4.69) is 6.92 Å². The van der Waals surface area contributed by atoms with Gasteiger partial charge in [-0.1, -0.05) is 32.6 Å². The Morgan fingerprint density at radius 1 is 1.25 bits per heavy atom. The van der Waals surface area contributed by atoms with Crippen LogP contribution in [-0.2, 0) is 4.74 Å². The lowest BCUT2D eigenvalue weighted by molar-refractivity contribution is -0.0920. The number of unbranched alkanes of at least 4 members (excludes halogenated alkanes) is 3. The van der Waals surface area contributed by atoms with Crippen molar-refractivity contribution in [1.29, 1.82) is 0 Å². The third-order valence-corrected chi connectivity index (χ3v) is 2.46. The molecule has 0 amide bonds. The first-order chi connectivity index (χ1) is 5.83. The van der Waals surface area contributed by atoms with E-state index in [0.717, 1.165) is 19.3 Å². The third-order valence-electron chi connectivity index (χ3n) is 2.46. The van der Waals surface area contributed by atoms with E-state index in [0.29, 0.717) is 6.10 Å². The minimum atomic E-state index is -0.471. The van der Waals surface area contributed by atoms with Crippen LogP contribution in [0.1, 0.15) is 51.9 Å². The summed E-state index contributed by atoms with van der Waals surface area (Å²) in [7, 11) is 0. The molecule has 0 spiro atoms. The molecule has 1 fully saturated rings. The van der Waals surface area contributed by atoms with Gasteiger partial charge in [-0.15, -0.1) is 0 Å². The molecule has 0 saturated carbocycles. The summed E-state index contributed by atoms with van der Waals surface area (Å²) in [5, 5.41) is 9.08. The molecule has 1 heterocycles. The van der Waals surface area contributed by atoms with Crippen molar-refractivity contribution in [3.05, 3.63) is 0 Å². The summed E-state index contributed by atoms with van der Waals surface area (Å²) in [6, 6.07) is 0. The highest BCUT2D eigenvalue weighted by molar-refractivity contribution is 4.66. The topological polar surface area (TPSA) is 29.5 Å². The summed E-state index contributed by atoms with van der Waals surface area (Å²) in [5.74, 6) is 0. The first kappa shape index (κ1) is 10.0. The van der Waals surface area contributed by atoms with Crippen molar-refractivity contribution in [3.63, 3.8) is 0 Å². The van der Waals surface area contributed by atoms with E-state index in [-0.39, 0.29) is 0 Å². The molecule has 1 N–H and O–H groups in total. The number of aliphatic hydroxyl groups is 1. The Kier molecular flexibility index (Phi) is 4.62. The average Bonchev–Trinajstić information content (AvgIpc) is 2.45. The summed E-state index contributed by atoms with van der Waals surface area (Å²) >= 11 is 0. The predicted molar refractivity (Wildman–Crippen MR) is 48.9 cm³/mol. The lowest BCUT2D eigenvalue weighted by Crippen LogP contribution is -2.09. The molecule has 0 bridgehead atoms. The van der Waals surface area contributed by atoms with Gasteiger partial charge in [-0.25, -0.2) is 0 Å². The van der Waals surface area contributed by atoms with Crippen LogP contribution in [0.15, 0.2) is 0 Å². The zero-order valence-corrected chi connectivity index (χ0v) is 7.96. The summed E-state index contributed by atoms with van der Waals surface area (Å²) in [4.78, 5) is 0. The van der Waals surface area contributed by atoms with E-state index >= 15 is 0 Å². The molecule has 0 aromatic heterocycles. The van der Waals surface area contributed by atoms with Gasteiger partial charge in [0.2, 0.25) is 0 Å². The second kappa shape index (κ2) is 5.55. The maximum Gasteiger partial charge on any atom is 0.154 e. The minimum absolute atomic E-state index is 0.344. The molecule has 2 heteroatoms. The van der Waals surface area contributed by atoms with Crippen molar-refractivity contribution in [1.82, 2.24) is 0 Å². The van der Waals surface area contributed by atoms with Crippen LogP contribution in [0.2, 0.25) is 0 Å². The van der Waals surface area contributed by atoms with Gasteiger partial charge >= 0.3 is 0 Å². The zero-order chi connectivity index (χ0) is 8.81. The maximum absolute atomic E-state index is 9.08. The molecule has 0 aromatic carbocycles. The van der Waals surface area contributed by atoms with Crippen molar-refractivity contribution in [2.75, 3.05) is 0 Å². The smallest absolute Gasteiger partial charge is 0.154 e. The van der Waals surface area contributed by atoms with E-state index < -0.39 is 6.29 Å². The Balaban J connectivity index is 1.93. The molecule has 1 saturated heterocycles. The van der Waals surface area contributed by atoms with Crippen molar-refractivity contribution in [2.24, 2.45) is 0 Å². The molecule has 72 valence electrons. The number of hydrogen-bond donors (Lipinski definition) is 1. The fourth-order valence-corrected chi connectivity index (χ4v) is 1.70. The van der Waals surface area contributed by atoms with Gasteiger partial charge in [0.05, 0.1) is 6.10 Å². The second-order valence-corrected chi connectivity index (χ2v) is 3.64. The maximum atomic E-state index is 9.08. The fraction of sp³-hybridized carbons (Fsp3) is 1.00. The van der Waals surface area contributed by atoms with Crippen LogP contribution >= 0.6 is 0 Å². The molecule has 1 aliphatic rings. The molecule has 1 unspecified atom stereocenters. The monoisotopic (exact) mass is 172 g/mol. The lowest BCUT2D eigenvalue weighted by atomic mass is 10.1. The van der Waals surface area contributed by atoms with Gasteiger partial charge in [0.25, 0.3) is 0 Å². The van der Waals surface area contributed by atoms with Gasteiger partial charge in [0.15, 0.2) is 6.29 Å². The van der Waals surface area contributed by atoms with Crippen LogP contribution in [0, 0.1) is 0 Å². The summed E-state index contributed by atoms with van der Waals surface area (Å²) in [5.41, 5.74) is 0. The molecule has 2 atom stereocenters. The van der Waals surface area contributed by atoms with Gasteiger partial charge in [-0.05, 0) is 12.8 Å². The Labute approximate surface area is 74.9 Å². The molecule has 0 aromatic rings. The van der Waals surface area contributed by atoms with Gasteiger partial charge in [-0.2, -0.15) is 0 Å². The normalized spacial score (nSPS) is 29.5. The standard InChI is InChI=1S/C10H20O2/c1-2-3-4-5-6-9-7-8-10(11)12-9/h9-11H,2-8H2,1H3/t9-,10?/m1/s1. The van der Waals surface area contributed by atoms with Crippen molar-refractivity contribution < 1.29 is 9.84 Å². The first-order valence-corrected chi connectivity index (χ1v) is 5.16. The highest BCUT2D eigenvalue weighted by atomic mass is 16.6. The summed E-state index contributed by atoms with van der Waals surface area (Å²) < 4.78 is 5.30. The highest BCUT2D eigenvalue weighted by Crippen LogP contribution is 2.22. The number of aliphatic hydroxyl groups excluding tert-OH is 1. The third kappa shape index (κ3) is 3.55. The summed E-state index contributed by atoms with van der Waals surface area (Å²) in [6.07, 6.45) is 8.07. The molecule has 0 aliphatic carbocycles. The van der Waals surface area contributed by atoms with Crippen LogP contribution < -0.4 is 0 Å². The van der Waals surface area contributed by atoms with Crippen LogP contribution in [0.5, 0.6) is 0 Å². The van der Waals surface area contributed by atoms with Gasteiger partial charge in [-0.3, -0.25) is 0 Å². The van der Waals surface area contributed by atoms with Crippen LogP contribution in [-0.4, -0.2) is 17.5 Å². The second-order valence-electron chi connectivity index (χ2n) is 3.64. The zero-order valence-electron chi connectivity index (χ0n) is 7.96. The molecule has 1 aliphatic heterocycles. The Hall–Kier alpha value is -0.0800. The van der Waals surface area contributed by atoms with E-state index in [1.807, 2.05) is 0 Å². The molecular formula is C10H20O2. The number of ether oxygens (including phenoxy) is 1. The lowest BCUT2D eigenvalue weighted by Gasteiger charge is -2.09. The van der Waals surface area contributed by atoms with Crippen LogP contribution in [0.4, 0.5) is 0 Å². The van der Waals surface area contributed by atoms with Gasteiger partial charge in [0, 0.05) is 6.42 Å². The predicted octanol–water partition coefficient (Wildman–Crippen LogP) is 2.45. The number of rotatable bonds is 5. The van der Waals surface area contributed by atoms with Crippen molar-refractivity contribution >= 4 is 0 Å². The van der Waals surface area contributed by atoms with E-state index in [1.54, 1.807) is 0 Å². The van der Waals surface area contributed by atoms with Crippen molar-refractivity contribution in [2.45, 2.75) is 64.3 Å². The average molecular weight is 172 g/mol. The van der Waals surface area contributed by atoms with E-state index in [1.165, 1.54) is 25.7 Å². The van der Waals surface area contributed by atoms with E-state index in [9.17, 15) is 0 Å². The first-order valence-electron chi connectivity index (χ1n) is 5.16. The molecular weight excluding hydrogens is 152 g/mol. The molecule has 12 heavy (non-hydrogen) atoms. The molecule has 0 radical (unpaired) electrons. The molecule has 2 nitrogen and oxygen atoms in total. The van der Waals surface area contributed by atoms with Crippen LogP contribution in [0.25, 0.3) is 0 Å². The minimum Gasteiger partial charge on any atom is -0.368 e. The Bertz CT molecular complexity index is 114. The van der Waals surface area contributed by atoms with Gasteiger partial charge in [0.1, 0.15) is 0 Å². The highest BCUT2D eigenvalue weighted by Gasteiger charge is 2.22. The van der Waals surface area contributed by atoms with Crippen LogP contribution in [0.3, 0.4) is 0 Å². The van der Waals surface area contributed by atoms with Crippen molar-refractivity contribution in [3.8, 4) is 0 Å². The van der Waals surface area contributed by atoms with E-state index in [4.69, 9.17) is 9.84 Å². The largest absolute Gasteiger partial charge is 0.368 e. The molecule has 1 rings (SSSR count). The summed E-state index contributed by atoms with van der Waals surface area (Å²) in [6.45, 7) is 2.22. The fourth-order valence-electron chi connectivity index (χ4n) is 1.70.